The lowest BCUT2D eigenvalue weighted by Gasteiger charge is -2.38. The van der Waals surface area contributed by atoms with Crippen LogP contribution in [0.4, 0.5) is 0 Å². The Hall–Kier alpha value is -3.28. The SMILES string of the molecule is C[C@@H]1CCC[C@H](C)N1C(=O)COC(=O)c1oc2ccccc2c1COc1ccccc1. The molecule has 0 spiro atoms. The Bertz CT molecular complexity index is 1050. The molecule has 6 heteroatoms. The average Bonchev–Trinajstić information content (AvgIpc) is 3.15. The van der Waals surface area contributed by atoms with Crippen molar-refractivity contribution < 1.29 is 23.5 Å². The third-order valence-corrected chi connectivity index (χ3v) is 5.82. The second-order valence-electron chi connectivity index (χ2n) is 8.01. The van der Waals surface area contributed by atoms with Gasteiger partial charge in [0.25, 0.3) is 5.91 Å². The minimum atomic E-state index is -0.659. The highest BCUT2D eigenvalue weighted by Crippen LogP contribution is 2.28. The van der Waals surface area contributed by atoms with Crippen LogP contribution in [0.25, 0.3) is 11.0 Å². The summed E-state index contributed by atoms with van der Waals surface area (Å²) in [5.41, 5.74) is 1.18. The molecule has 3 aromatic rings. The number of piperidine rings is 1. The average molecular weight is 421 g/mol. The molecule has 2 atom stereocenters. The normalized spacial score (nSPS) is 18.7. The molecule has 2 aromatic carbocycles. The zero-order chi connectivity index (χ0) is 21.8. The molecule has 0 N–H and O–H groups in total. The van der Waals surface area contributed by atoms with Gasteiger partial charge in [0.15, 0.2) is 6.61 Å². The van der Waals surface area contributed by atoms with Gasteiger partial charge in [-0.15, -0.1) is 0 Å². The number of furan rings is 1. The Morgan fingerprint density at radius 2 is 1.68 bits per heavy atom. The van der Waals surface area contributed by atoms with E-state index in [1.807, 2.05) is 67.3 Å². The number of carbonyl (C=O) groups is 2. The Kier molecular flexibility index (Phi) is 6.26. The predicted molar refractivity (Wildman–Crippen MR) is 117 cm³/mol. The van der Waals surface area contributed by atoms with Crippen LogP contribution in [-0.4, -0.2) is 35.5 Å². The zero-order valence-electron chi connectivity index (χ0n) is 17.9. The third kappa shape index (κ3) is 4.58. The van der Waals surface area contributed by atoms with Crippen LogP contribution in [0.1, 0.15) is 49.2 Å². The number of carbonyl (C=O) groups excluding carboxylic acids is 2. The van der Waals surface area contributed by atoms with E-state index in [-0.39, 0.29) is 37.0 Å². The van der Waals surface area contributed by atoms with E-state index in [2.05, 4.69) is 0 Å². The van der Waals surface area contributed by atoms with Gasteiger partial charge < -0.3 is 18.8 Å². The van der Waals surface area contributed by atoms with Gasteiger partial charge in [-0.25, -0.2) is 4.79 Å². The van der Waals surface area contributed by atoms with E-state index in [9.17, 15) is 9.59 Å². The number of likely N-dealkylation sites (tertiary alicyclic amines) is 1. The first kappa shape index (κ1) is 21.0. The standard InChI is InChI=1S/C25H27NO5/c1-17-9-8-10-18(2)26(17)23(27)16-30-25(28)24-21(15-29-19-11-4-3-5-12-19)20-13-6-7-14-22(20)31-24/h3-7,11-14,17-18H,8-10,15-16H2,1-2H3/t17-,18+. The molecule has 1 amide bonds. The van der Waals surface area contributed by atoms with E-state index < -0.39 is 5.97 Å². The van der Waals surface area contributed by atoms with Crippen LogP contribution in [-0.2, 0) is 16.1 Å². The summed E-state index contributed by atoms with van der Waals surface area (Å²) < 4.78 is 17.0. The van der Waals surface area contributed by atoms with Crippen molar-refractivity contribution in [1.29, 1.82) is 0 Å². The highest BCUT2D eigenvalue weighted by molar-refractivity contribution is 5.97. The number of nitrogens with zero attached hydrogens (tertiary/aromatic N) is 1. The number of ether oxygens (including phenoxy) is 2. The molecule has 1 saturated heterocycles. The predicted octanol–water partition coefficient (Wildman–Crippen LogP) is 4.96. The first-order valence-electron chi connectivity index (χ1n) is 10.7. The fourth-order valence-electron chi connectivity index (χ4n) is 4.26. The van der Waals surface area contributed by atoms with Crippen LogP contribution >= 0.6 is 0 Å². The monoisotopic (exact) mass is 421 g/mol. The number of hydrogen-bond acceptors (Lipinski definition) is 5. The molecule has 6 nitrogen and oxygen atoms in total. The molecular formula is C25H27NO5. The van der Waals surface area contributed by atoms with E-state index in [1.54, 1.807) is 6.07 Å². The molecule has 0 bridgehead atoms. The second kappa shape index (κ2) is 9.25. The molecule has 4 rings (SSSR count). The van der Waals surface area contributed by atoms with Gasteiger partial charge >= 0.3 is 5.97 Å². The fourth-order valence-corrected chi connectivity index (χ4v) is 4.26. The number of rotatable bonds is 6. The van der Waals surface area contributed by atoms with E-state index in [4.69, 9.17) is 13.9 Å². The molecule has 1 aliphatic heterocycles. The van der Waals surface area contributed by atoms with Crippen molar-refractivity contribution >= 4 is 22.8 Å². The number of benzene rings is 2. The van der Waals surface area contributed by atoms with Crippen molar-refractivity contribution in [1.82, 2.24) is 4.90 Å². The lowest BCUT2D eigenvalue weighted by molar-refractivity contribution is -0.140. The molecule has 31 heavy (non-hydrogen) atoms. The van der Waals surface area contributed by atoms with Crippen LogP contribution in [0.2, 0.25) is 0 Å². The first-order chi connectivity index (χ1) is 15.0. The molecule has 1 fully saturated rings. The van der Waals surface area contributed by atoms with Crippen LogP contribution in [0.15, 0.2) is 59.0 Å². The molecular weight excluding hydrogens is 394 g/mol. The van der Waals surface area contributed by atoms with Crippen molar-refractivity contribution in [2.45, 2.75) is 51.8 Å². The van der Waals surface area contributed by atoms with Crippen LogP contribution in [0.3, 0.4) is 0 Å². The van der Waals surface area contributed by atoms with E-state index in [0.29, 0.717) is 16.9 Å². The van der Waals surface area contributed by atoms with Crippen LogP contribution < -0.4 is 4.74 Å². The van der Waals surface area contributed by atoms with Crippen molar-refractivity contribution in [3.05, 3.63) is 65.9 Å². The molecule has 1 aromatic heterocycles. The summed E-state index contributed by atoms with van der Waals surface area (Å²) in [6.45, 7) is 3.92. The van der Waals surface area contributed by atoms with Crippen LogP contribution in [0, 0.1) is 0 Å². The Morgan fingerprint density at radius 1 is 1.00 bits per heavy atom. The first-order valence-corrected chi connectivity index (χ1v) is 10.7. The lowest BCUT2D eigenvalue weighted by atomic mass is 9.97. The quantitative estimate of drug-likeness (QED) is 0.526. The number of esters is 1. The van der Waals surface area contributed by atoms with Gasteiger partial charge in [-0.05, 0) is 51.3 Å². The summed E-state index contributed by atoms with van der Waals surface area (Å²) in [5.74, 6) is -0.0696. The number of para-hydroxylation sites is 2. The van der Waals surface area contributed by atoms with Gasteiger partial charge in [-0.2, -0.15) is 0 Å². The minimum Gasteiger partial charge on any atom is -0.489 e. The Labute approximate surface area is 181 Å². The molecule has 0 aliphatic carbocycles. The fraction of sp³-hybridized carbons (Fsp3) is 0.360. The van der Waals surface area contributed by atoms with Gasteiger partial charge in [-0.1, -0.05) is 36.4 Å². The molecule has 2 heterocycles. The molecule has 1 aliphatic rings. The molecule has 162 valence electrons. The van der Waals surface area contributed by atoms with Crippen molar-refractivity contribution in [3.8, 4) is 5.75 Å². The Morgan fingerprint density at radius 3 is 2.42 bits per heavy atom. The summed E-state index contributed by atoms with van der Waals surface area (Å²) >= 11 is 0. The summed E-state index contributed by atoms with van der Waals surface area (Å²) in [6, 6.07) is 17.0. The van der Waals surface area contributed by atoms with Crippen molar-refractivity contribution in [2.24, 2.45) is 0 Å². The summed E-state index contributed by atoms with van der Waals surface area (Å²) in [5, 5.41) is 0.787. The zero-order valence-corrected chi connectivity index (χ0v) is 17.9. The van der Waals surface area contributed by atoms with Crippen molar-refractivity contribution in [2.75, 3.05) is 6.61 Å². The van der Waals surface area contributed by atoms with Crippen LogP contribution in [0.5, 0.6) is 5.75 Å². The maximum atomic E-state index is 12.9. The van der Waals surface area contributed by atoms with Gasteiger partial charge in [0, 0.05) is 17.5 Å². The van der Waals surface area contributed by atoms with Crippen molar-refractivity contribution in [3.63, 3.8) is 0 Å². The van der Waals surface area contributed by atoms with Gasteiger partial charge in [0.2, 0.25) is 5.76 Å². The largest absolute Gasteiger partial charge is 0.489 e. The third-order valence-electron chi connectivity index (χ3n) is 5.82. The van der Waals surface area contributed by atoms with E-state index >= 15 is 0 Å². The van der Waals surface area contributed by atoms with E-state index in [0.717, 1.165) is 24.6 Å². The van der Waals surface area contributed by atoms with E-state index in [1.165, 1.54) is 0 Å². The van der Waals surface area contributed by atoms with Gasteiger partial charge in [0.05, 0.1) is 5.56 Å². The molecule has 0 saturated carbocycles. The lowest BCUT2D eigenvalue weighted by Crippen LogP contribution is -2.49. The van der Waals surface area contributed by atoms with Gasteiger partial charge in [0.1, 0.15) is 17.9 Å². The topological polar surface area (TPSA) is 69.0 Å². The Balaban J connectivity index is 1.50. The molecule has 0 unspecified atom stereocenters. The summed E-state index contributed by atoms with van der Waals surface area (Å²) in [7, 11) is 0. The highest BCUT2D eigenvalue weighted by Gasteiger charge is 2.30. The summed E-state index contributed by atoms with van der Waals surface area (Å²) in [4.78, 5) is 27.4. The number of amides is 1. The number of fused-ring (bicyclic) bond motifs is 1. The number of hydrogen-bond donors (Lipinski definition) is 0. The second-order valence-corrected chi connectivity index (χ2v) is 8.01. The maximum Gasteiger partial charge on any atom is 0.375 e. The van der Waals surface area contributed by atoms with Gasteiger partial charge in [-0.3, -0.25) is 4.79 Å². The molecule has 0 radical (unpaired) electrons. The highest BCUT2D eigenvalue weighted by atomic mass is 16.5. The minimum absolute atomic E-state index is 0.0738. The maximum absolute atomic E-state index is 12.9. The smallest absolute Gasteiger partial charge is 0.375 e. The summed E-state index contributed by atoms with van der Waals surface area (Å²) in [6.07, 6.45) is 3.04.